The van der Waals surface area contributed by atoms with E-state index in [1.165, 1.54) is 0 Å². The molecule has 4 nitrogen and oxygen atoms in total. The molecule has 0 spiro atoms. The maximum absolute atomic E-state index is 11.7. The fraction of sp³-hybridized carbons (Fsp3) is 0.923. The highest BCUT2D eigenvalue weighted by Crippen LogP contribution is 2.00. The fourth-order valence-electron chi connectivity index (χ4n) is 1.49. The lowest BCUT2D eigenvalue weighted by atomic mass is 10.1. The number of hydrogen-bond donors (Lipinski definition) is 2. The number of nitrogens with zero attached hydrogens (tertiary/aromatic N) is 1. The lowest BCUT2D eigenvalue weighted by Gasteiger charge is -2.20. The van der Waals surface area contributed by atoms with Gasteiger partial charge in [0, 0.05) is 6.04 Å². The van der Waals surface area contributed by atoms with Gasteiger partial charge < -0.3 is 11.1 Å². The van der Waals surface area contributed by atoms with Gasteiger partial charge in [-0.15, -0.1) is 0 Å². The second-order valence-corrected chi connectivity index (χ2v) is 5.19. The summed E-state index contributed by atoms with van der Waals surface area (Å²) in [6, 6.07) is 0.244. The van der Waals surface area contributed by atoms with E-state index in [1.807, 2.05) is 14.0 Å². The molecule has 0 saturated carbocycles. The minimum absolute atomic E-state index is 0.118. The minimum Gasteiger partial charge on any atom is -0.352 e. The van der Waals surface area contributed by atoms with E-state index in [4.69, 9.17) is 5.73 Å². The van der Waals surface area contributed by atoms with Gasteiger partial charge in [-0.1, -0.05) is 20.3 Å². The van der Waals surface area contributed by atoms with E-state index in [0.717, 1.165) is 32.4 Å². The number of amides is 1. The van der Waals surface area contributed by atoms with Crippen LogP contribution in [0.2, 0.25) is 0 Å². The third-order valence-corrected chi connectivity index (χ3v) is 3.05. The molecular formula is C13H29N3O. The van der Waals surface area contributed by atoms with Crippen LogP contribution in [-0.2, 0) is 4.79 Å². The quantitative estimate of drug-likeness (QED) is 0.598. The minimum atomic E-state index is 0.118. The van der Waals surface area contributed by atoms with E-state index in [1.54, 1.807) is 0 Å². The first-order valence-corrected chi connectivity index (χ1v) is 6.65. The van der Waals surface area contributed by atoms with E-state index in [0.29, 0.717) is 12.5 Å². The Morgan fingerprint density at radius 1 is 1.24 bits per heavy atom. The van der Waals surface area contributed by atoms with Crippen molar-refractivity contribution in [1.29, 1.82) is 0 Å². The number of nitrogens with two attached hydrogens (primary N) is 1. The van der Waals surface area contributed by atoms with Crippen molar-refractivity contribution in [2.45, 2.75) is 46.1 Å². The second kappa shape index (κ2) is 9.42. The summed E-state index contributed by atoms with van der Waals surface area (Å²) in [7, 11) is 1.99. The molecule has 0 aliphatic heterocycles. The Morgan fingerprint density at radius 3 is 2.41 bits per heavy atom. The third kappa shape index (κ3) is 9.12. The molecule has 102 valence electrons. The third-order valence-electron chi connectivity index (χ3n) is 3.05. The van der Waals surface area contributed by atoms with Crippen LogP contribution in [0.15, 0.2) is 0 Å². The summed E-state index contributed by atoms with van der Waals surface area (Å²) < 4.78 is 0. The van der Waals surface area contributed by atoms with Crippen molar-refractivity contribution in [3.63, 3.8) is 0 Å². The number of carbonyl (C=O) groups excluding carboxylic acids is 1. The van der Waals surface area contributed by atoms with Gasteiger partial charge in [0.2, 0.25) is 5.91 Å². The van der Waals surface area contributed by atoms with E-state index in [2.05, 4.69) is 24.1 Å². The van der Waals surface area contributed by atoms with Crippen molar-refractivity contribution in [1.82, 2.24) is 10.2 Å². The van der Waals surface area contributed by atoms with Crippen molar-refractivity contribution in [2.75, 3.05) is 26.7 Å². The van der Waals surface area contributed by atoms with Crippen molar-refractivity contribution in [3.8, 4) is 0 Å². The van der Waals surface area contributed by atoms with Crippen molar-refractivity contribution in [3.05, 3.63) is 0 Å². The van der Waals surface area contributed by atoms with Crippen LogP contribution < -0.4 is 11.1 Å². The summed E-state index contributed by atoms with van der Waals surface area (Å²) in [6.07, 6.45) is 3.33. The highest BCUT2D eigenvalue weighted by Gasteiger charge is 2.12. The number of rotatable bonds is 9. The molecule has 0 rings (SSSR count). The highest BCUT2D eigenvalue weighted by molar-refractivity contribution is 5.78. The van der Waals surface area contributed by atoms with E-state index in [-0.39, 0.29) is 11.9 Å². The van der Waals surface area contributed by atoms with Gasteiger partial charge in [0.15, 0.2) is 0 Å². The molecule has 0 aliphatic carbocycles. The molecule has 0 aromatic carbocycles. The zero-order chi connectivity index (χ0) is 13.3. The van der Waals surface area contributed by atoms with Gasteiger partial charge >= 0.3 is 0 Å². The largest absolute Gasteiger partial charge is 0.352 e. The zero-order valence-corrected chi connectivity index (χ0v) is 11.8. The lowest BCUT2D eigenvalue weighted by Crippen LogP contribution is -2.42. The molecule has 3 N–H and O–H groups in total. The number of unbranched alkanes of at least 4 members (excludes halogenated alkanes) is 2. The molecule has 0 aliphatic rings. The predicted molar refractivity (Wildman–Crippen MR) is 72.8 cm³/mol. The maximum Gasteiger partial charge on any atom is 0.234 e. The molecular weight excluding hydrogens is 214 g/mol. The van der Waals surface area contributed by atoms with Crippen molar-refractivity contribution < 1.29 is 4.79 Å². The Balaban J connectivity index is 3.65. The Bertz CT molecular complexity index is 207. The number of hydrogen-bond acceptors (Lipinski definition) is 3. The van der Waals surface area contributed by atoms with Gasteiger partial charge in [-0.25, -0.2) is 0 Å². The summed E-state index contributed by atoms with van der Waals surface area (Å²) in [6.45, 7) is 8.48. The fourth-order valence-corrected chi connectivity index (χ4v) is 1.49. The summed E-state index contributed by atoms with van der Waals surface area (Å²) in [4.78, 5) is 13.8. The SMILES string of the molecule is CC(C)C(C)NC(=O)CN(C)CCCCCN. The summed E-state index contributed by atoms with van der Waals surface area (Å²) >= 11 is 0. The monoisotopic (exact) mass is 243 g/mol. The molecule has 0 aromatic rings. The topological polar surface area (TPSA) is 58.4 Å². The lowest BCUT2D eigenvalue weighted by molar-refractivity contribution is -0.122. The molecule has 0 fully saturated rings. The van der Waals surface area contributed by atoms with E-state index < -0.39 is 0 Å². The molecule has 1 amide bonds. The number of likely N-dealkylation sites (N-methyl/N-ethyl adjacent to an activating group) is 1. The van der Waals surface area contributed by atoms with Crippen molar-refractivity contribution in [2.24, 2.45) is 11.7 Å². The molecule has 1 unspecified atom stereocenters. The molecule has 1 atom stereocenters. The molecule has 17 heavy (non-hydrogen) atoms. The standard InChI is InChI=1S/C13H29N3O/c1-11(2)12(3)15-13(17)10-16(4)9-7-5-6-8-14/h11-12H,5-10,14H2,1-4H3,(H,15,17). The number of carbonyl (C=O) groups is 1. The van der Waals surface area contributed by atoms with Crippen LogP contribution in [0.3, 0.4) is 0 Å². The van der Waals surface area contributed by atoms with Gasteiger partial charge in [-0.3, -0.25) is 9.69 Å². The molecule has 0 aromatic heterocycles. The van der Waals surface area contributed by atoms with E-state index >= 15 is 0 Å². The molecule has 0 bridgehead atoms. The molecule has 0 saturated heterocycles. The average molecular weight is 243 g/mol. The first-order chi connectivity index (χ1) is 7.97. The normalized spacial score (nSPS) is 13.1. The van der Waals surface area contributed by atoms with Gasteiger partial charge in [0.1, 0.15) is 0 Å². The zero-order valence-electron chi connectivity index (χ0n) is 11.8. The second-order valence-electron chi connectivity index (χ2n) is 5.19. The van der Waals surface area contributed by atoms with Gasteiger partial charge in [0.05, 0.1) is 6.54 Å². The molecule has 4 heteroatoms. The Morgan fingerprint density at radius 2 is 1.88 bits per heavy atom. The first-order valence-electron chi connectivity index (χ1n) is 6.65. The van der Waals surface area contributed by atoms with Gasteiger partial charge in [0.25, 0.3) is 0 Å². The average Bonchev–Trinajstić information content (AvgIpc) is 2.24. The highest BCUT2D eigenvalue weighted by atomic mass is 16.2. The Labute approximate surface area is 106 Å². The predicted octanol–water partition coefficient (Wildman–Crippen LogP) is 1.21. The van der Waals surface area contributed by atoms with Crippen LogP contribution >= 0.6 is 0 Å². The Hall–Kier alpha value is -0.610. The molecule has 0 radical (unpaired) electrons. The van der Waals surface area contributed by atoms with Crippen LogP contribution in [0.5, 0.6) is 0 Å². The van der Waals surface area contributed by atoms with Crippen LogP contribution in [0.1, 0.15) is 40.0 Å². The van der Waals surface area contributed by atoms with Crippen LogP contribution in [0.4, 0.5) is 0 Å². The van der Waals surface area contributed by atoms with Crippen LogP contribution in [-0.4, -0.2) is 43.5 Å². The van der Waals surface area contributed by atoms with Crippen LogP contribution in [0.25, 0.3) is 0 Å². The van der Waals surface area contributed by atoms with Crippen molar-refractivity contribution >= 4 is 5.91 Å². The summed E-state index contributed by atoms with van der Waals surface area (Å²) in [5.41, 5.74) is 5.43. The van der Waals surface area contributed by atoms with Gasteiger partial charge in [-0.2, -0.15) is 0 Å². The van der Waals surface area contributed by atoms with Gasteiger partial charge in [-0.05, 0) is 45.8 Å². The van der Waals surface area contributed by atoms with E-state index in [9.17, 15) is 4.79 Å². The number of nitrogens with one attached hydrogen (secondary N) is 1. The molecule has 0 heterocycles. The summed E-state index contributed by atoms with van der Waals surface area (Å²) in [5, 5.41) is 3.01. The first kappa shape index (κ1) is 16.4. The maximum atomic E-state index is 11.7. The Kier molecular flexibility index (Phi) is 9.09. The smallest absolute Gasteiger partial charge is 0.234 e. The van der Waals surface area contributed by atoms with Crippen LogP contribution in [0, 0.1) is 5.92 Å². The summed E-state index contributed by atoms with van der Waals surface area (Å²) in [5.74, 6) is 0.598.